The third-order valence-corrected chi connectivity index (χ3v) is 2.51. The van der Waals surface area contributed by atoms with Crippen molar-refractivity contribution < 1.29 is 9.53 Å². The van der Waals surface area contributed by atoms with Crippen LogP contribution >= 0.6 is 15.9 Å². The number of hydrogen-bond donors (Lipinski definition) is 2. The van der Waals surface area contributed by atoms with E-state index in [0.717, 1.165) is 15.8 Å². The first-order chi connectivity index (χ1) is 8.02. The van der Waals surface area contributed by atoms with Gasteiger partial charge in [0.05, 0.1) is 10.6 Å². The molecule has 0 heterocycles. The fourth-order valence-corrected chi connectivity index (χ4v) is 1.68. The molecule has 3 N–H and O–H groups in total. The van der Waals surface area contributed by atoms with Gasteiger partial charge in [0.1, 0.15) is 5.75 Å². The average molecular weight is 299 g/mol. The minimum Gasteiger partial charge on any atom is -0.490 e. The van der Waals surface area contributed by atoms with Crippen LogP contribution in [0, 0.1) is 0 Å². The van der Waals surface area contributed by atoms with Crippen molar-refractivity contribution in [2.45, 2.75) is 20.0 Å². The predicted octanol–water partition coefficient (Wildman–Crippen LogP) is 2.24. The molecule has 0 unspecified atom stereocenters. The predicted molar refractivity (Wildman–Crippen MR) is 71.3 cm³/mol. The van der Waals surface area contributed by atoms with E-state index in [2.05, 4.69) is 15.9 Å². The molecule has 0 aliphatic carbocycles. The minimum absolute atomic E-state index is 0.121. The maximum atomic E-state index is 10.9. The molecule has 0 aromatic heterocycles. The van der Waals surface area contributed by atoms with Gasteiger partial charge in [0.2, 0.25) is 0 Å². The van der Waals surface area contributed by atoms with Gasteiger partial charge < -0.3 is 4.74 Å². The highest BCUT2D eigenvalue weighted by molar-refractivity contribution is 9.10. The Kier molecular flexibility index (Phi) is 5.18. The molecule has 1 rings (SSSR count). The maximum absolute atomic E-state index is 10.9. The lowest BCUT2D eigenvalue weighted by atomic mass is 10.2. The van der Waals surface area contributed by atoms with Gasteiger partial charge in [-0.3, -0.25) is 10.2 Å². The van der Waals surface area contributed by atoms with Crippen molar-refractivity contribution in [1.82, 2.24) is 5.43 Å². The molecule has 1 amide bonds. The lowest BCUT2D eigenvalue weighted by Crippen LogP contribution is -2.27. The molecule has 1 aromatic rings. The molecule has 0 aliphatic heterocycles. The third-order valence-electron chi connectivity index (χ3n) is 1.89. The van der Waals surface area contributed by atoms with Crippen LogP contribution in [-0.4, -0.2) is 12.0 Å². The van der Waals surface area contributed by atoms with Crippen LogP contribution in [0.25, 0.3) is 6.08 Å². The summed E-state index contributed by atoms with van der Waals surface area (Å²) in [6, 6.07) is 5.59. The van der Waals surface area contributed by atoms with Crippen molar-refractivity contribution in [2.24, 2.45) is 5.84 Å². The molecule has 0 bridgehead atoms. The first kappa shape index (κ1) is 13.7. The van der Waals surface area contributed by atoms with Crippen LogP contribution in [-0.2, 0) is 4.79 Å². The summed E-state index contributed by atoms with van der Waals surface area (Å²) in [4.78, 5) is 10.9. The van der Waals surface area contributed by atoms with Crippen LogP contribution in [0.3, 0.4) is 0 Å². The van der Waals surface area contributed by atoms with Crippen molar-refractivity contribution in [1.29, 1.82) is 0 Å². The second-order valence-corrected chi connectivity index (χ2v) is 4.55. The van der Waals surface area contributed by atoms with E-state index in [-0.39, 0.29) is 12.0 Å². The topological polar surface area (TPSA) is 64.3 Å². The first-order valence-corrected chi connectivity index (χ1v) is 5.97. The Hall–Kier alpha value is -1.33. The first-order valence-electron chi connectivity index (χ1n) is 5.18. The van der Waals surface area contributed by atoms with Gasteiger partial charge in [-0.25, -0.2) is 5.84 Å². The highest BCUT2D eigenvalue weighted by Crippen LogP contribution is 2.27. The Bertz CT molecular complexity index is 431. The quantitative estimate of drug-likeness (QED) is 0.388. The summed E-state index contributed by atoms with van der Waals surface area (Å²) in [6.45, 7) is 3.93. The number of hydrogen-bond acceptors (Lipinski definition) is 3. The zero-order valence-electron chi connectivity index (χ0n) is 9.74. The van der Waals surface area contributed by atoms with E-state index in [1.807, 2.05) is 37.5 Å². The zero-order chi connectivity index (χ0) is 12.8. The van der Waals surface area contributed by atoms with E-state index in [1.165, 1.54) is 6.08 Å². The summed E-state index contributed by atoms with van der Waals surface area (Å²) in [5.41, 5.74) is 2.91. The minimum atomic E-state index is -0.344. The van der Waals surface area contributed by atoms with Crippen molar-refractivity contribution in [3.63, 3.8) is 0 Å². The molecule has 1 aromatic carbocycles. The smallest absolute Gasteiger partial charge is 0.257 e. The van der Waals surface area contributed by atoms with Gasteiger partial charge in [0, 0.05) is 6.08 Å². The molecular formula is C12H15BrN2O2. The molecule has 4 nitrogen and oxygen atoms in total. The largest absolute Gasteiger partial charge is 0.490 e. The summed E-state index contributed by atoms with van der Waals surface area (Å²) >= 11 is 3.42. The highest BCUT2D eigenvalue weighted by Gasteiger charge is 2.03. The molecule has 0 atom stereocenters. The van der Waals surface area contributed by atoms with E-state index in [0.29, 0.717) is 0 Å². The standard InChI is InChI=1S/C12H15BrN2O2/c1-8(2)17-11-5-3-9(7-10(11)13)4-6-12(16)15-14/h3-8H,14H2,1-2H3,(H,15,16)/b6-4+. The Balaban J connectivity index is 2.82. The normalized spacial score (nSPS) is 10.9. The van der Waals surface area contributed by atoms with Crippen LogP contribution in [0.2, 0.25) is 0 Å². The van der Waals surface area contributed by atoms with Crippen molar-refractivity contribution in [3.8, 4) is 5.75 Å². The molecule has 0 fully saturated rings. The summed E-state index contributed by atoms with van der Waals surface area (Å²) in [7, 11) is 0. The Morgan fingerprint density at radius 3 is 2.76 bits per heavy atom. The van der Waals surface area contributed by atoms with Crippen LogP contribution in [0.1, 0.15) is 19.4 Å². The number of rotatable bonds is 4. The van der Waals surface area contributed by atoms with E-state index >= 15 is 0 Å². The monoisotopic (exact) mass is 298 g/mol. The van der Waals surface area contributed by atoms with Gasteiger partial charge in [0.15, 0.2) is 0 Å². The Morgan fingerprint density at radius 1 is 1.53 bits per heavy atom. The number of nitrogens with one attached hydrogen (secondary N) is 1. The molecule has 0 saturated heterocycles. The number of hydrazine groups is 1. The fraction of sp³-hybridized carbons (Fsp3) is 0.250. The van der Waals surface area contributed by atoms with E-state index in [4.69, 9.17) is 10.6 Å². The maximum Gasteiger partial charge on any atom is 0.257 e. The number of carbonyl (C=O) groups excluding carboxylic acids is 1. The molecular weight excluding hydrogens is 284 g/mol. The van der Waals surface area contributed by atoms with Crippen molar-refractivity contribution >= 4 is 27.9 Å². The number of ether oxygens (including phenoxy) is 1. The third kappa shape index (κ3) is 4.58. The van der Waals surface area contributed by atoms with Crippen molar-refractivity contribution in [2.75, 3.05) is 0 Å². The second kappa shape index (κ2) is 6.42. The van der Waals surface area contributed by atoms with Crippen LogP contribution < -0.4 is 16.0 Å². The van der Waals surface area contributed by atoms with Gasteiger partial charge >= 0.3 is 0 Å². The molecule has 0 radical (unpaired) electrons. The molecule has 0 aliphatic rings. The number of benzene rings is 1. The Morgan fingerprint density at radius 2 is 2.24 bits per heavy atom. The Labute approximate surface area is 109 Å². The highest BCUT2D eigenvalue weighted by atomic mass is 79.9. The second-order valence-electron chi connectivity index (χ2n) is 3.70. The molecule has 0 spiro atoms. The number of halogens is 1. The van der Waals surface area contributed by atoms with Gasteiger partial charge in [-0.15, -0.1) is 0 Å². The van der Waals surface area contributed by atoms with E-state index < -0.39 is 0 Å². The lowest BCUT2D eigenvalue weighted by molar-refractivity contribution is -0.116. The van der Waals surface area contributed by atoms with Gasteiger partial charge in [-0.05, 0) is 53.5 Å². The molecule has 17 heavy (non-hydrogen) atoms. The van der Waals surface area contributed by atoms with Crippen LogP contribution in [0.15, 0.2) is 28.7 Å². The number of carbonyl (C=O) groups is 1. The van der Waals surface area contributed by atoms with Crippen LogP contribution in [0.5, 0.6) is 5.75 Å². The van der Waals surface area contributed by atoms with Gasteiger partial charge in [-0.2, -0.15) is 0 Å². The van der Waals surface area contributed by atoms with Gasteiger partial charge in [0.25, 0.3) is 5.91 Å². The molecule has 0 saturated carbocycles. The van der Waals surface area contributed by atoms with Crippen molar-refractivity contribution in [3.05, 3.63) is 34.3 Å². The molecule has 92 valence electrons. The summed E-state index contributed by atoms with van der Waals surface area (Å²) in [6.07, 6.45) is 3.16. The SMILES string of the molecule is CC(C)Oc1ccc(/C=C/C(=O)NN)cc1Br. The fourth-order valence-electron chi connectivity index (χ4n) is 1.19. The lowest BCUT2D eigenvalue weighted by Gasteiger charge is -2.11. The summed E-state index contributed by atoms with van der Waals surface area (Å²) < 4.78 is 6.43. The summed E-state index contributed by atoms with van der Waals surface area (Å²) in [5.74, 6) is 5.40. The van der Waals surface area contributed by atoms with Crippen LogP contribution in [0.4, 0.5) is 0 Å². The van der Waals surface area contributed by atoms with E-state index in [9.17, 15) is 4.79 Å². The van der Waals surface area contributed by atoms with E-state index in [1.54, 1.807) is 6.08 Å². The number of amides is 1. The molecule has 5 heteroatoms. The number of nitrogens with two attached hydrogens (primary N) is 1. The average Bonchev–Trinajstić information content (AvgIpc) is 2.28. The van der Waals surface area contributed by atoms with Gasteiger partial charge in [-0.1, -0.05) is 6.07 Å². The zero-order valence-corrected chi connectivity index (χ0v) is 11.3. The summed E-state index contributed by atoms with van der Waals surface area (Å²) in [5, 5.41) is 0.